The van der Waals surface area contributed by atoms with Crippen LogP contribution in [-0.2, 0) is 19.2 Å². The Bertz CT molecular complexity index is 1430. The molecule has 10 heteroatoms. The molecule has 7 nitrogen and oxygen atoms in total. The Morgan fingerprint density at radius 2 is 1.62 bits per heavy atom. The number of fused-ring (bicyclic) bond motifs is 4. The van der Waals surface area contributed by atoms with Crippen molar-refractivity contribution in [3.8, 4) is 5.75 Å². The number of anilines is 1. The quantitative estimate of drug-likeness (QED) is 0.354. The molecule has 6 unspecified atom stereocenters. The molecule has 37 heavy (non-hydrogen) atoms. The van der Waals surface area contributed by atoms with E-state index in [2.05, 4.69) is 0 Å². The van der Waals surface area contributed by atoms with Crippen LogP contribution >= 0.6 is 23.2 Å². The maximum Gasteiger partial charge on any atom is 0.258 e. The van der Waals surface area contributed by atoms with Crippen LogP contribution in [-0.4, -0.2) is 50.4 Å². The van der Waals surface area contributed by atoms with Gasteiger partial charge >= 0.3 is 0 Å². The van der Waals surface area contributed by atoms with Crippen molar-refractivity contribution >= 4 is 52.5 Å². The third kappa shape index (κ3) is 2.94. The summed E-state index contributed by atoms with van der Waals surface area (Å²) in [5.74, 6) is -6.11. The Balaban J connectivity index is 1.58. The molecule has 2 aromatic rings. The summed E-state index contributed by atoms with van der Waals surface area (Å²) < 4.78 is 13.6. The van der Waals surface area contributed by atoms with Crippen molar-refractivity contribution in [2.75, 3.05) is 11.9 Å². The van der Waals surface area contributed by atoms with Crippen LogP contribution in [0.3, 0.4) is 0 Å². The van der Waals surface area contributed by atoms with E-state index in [1.54, 1.807) is 24.3 Å². The first-order chi connectivity index (χ1) is 17.5. The van der Waals surface area contributed by atoms with Crippen molar-refractivity contribution in [2.45, 2.75) is 28.5 Å². The van der Waals surface area contributed by atoms with Gasteiger partial charge in [0.2, 0.25) is 11.8 Å². The molecule has 1 saturated carbocycles. The number of aromatic hydroxyl groups is 1. The second-order valence-electron chi connectivity index (χ2n) is 10.0. The number of benzene rings is 2. The van der Waals surface area contributed by atoms with Crippen molar-refractivity contribution in [1.29, 1.82) is 0 Å². The lowest BCUT2D eigenvalue weighted by Crippen LogP contribution is -2.60. The molecular weight excluding hydrogens is 522 g/mol. The zero-order valence-corrected chi connectivity index (χ0v) is 21.0. The molecule has 0 aromatic heterocycles. The zero-order chi connectivity index (χ0) is 26.4. The van der Waals surface area contributed by atoms with Gasteiger partial charge in [0.15, 0.2) is 9.75 Å². The number of hydrogen-bond acceptors (Lipinski definition) is 5. The van der Waals surface area contributed by atoms with E-state index in [1.165, 1.54) is 25.2 Å². The van der Waals surface area contributed by atoms with Crippen LogP contribution in [0.25, 0.3) is 0 Å². The van der Waals surface area contributed by atoms with Crippen LogP contribution in [0.15, 0.2) is 60.2 Å². The van der Waals surface area contributed by atoms with Gasteiger partial charge in [0.1, 0.15) is 11.6 Å². The fourth-order valence-corrected chi connectivity index (χ4v) is 7.56. The standard InChI is InChI=1S/C27H21Cl2FN2O5/c1-31-22(34)17-11-10-15-18(20(17)23(31)35)12-26(28)24(36)32(14-8-6-13(30)7-9-14)25(37)27(26,29)21(15)16-4-2-3-5-19(16)33/h2-10,17-18,20-21,33H,11-12H2,1H3. The number of rotatable bonds is 2. The number of allylic oxidation sites excluding steroid dienone is 2. The fraction of sp³-hybridized carbons (Fsp3) is 0.333. The summed E-state index contributed by atoms with van der Waals surface area (Å²) in [4.78, 5) is 51.9. The van der Waals surface area contributed by atoms with Gasteiger partial charge in [0, 0.05) is 18.5 Å². The zero-order valence-electron chi connectivity index (χ0n) is 19.5. The van der Waals surface area contributed by atoms with Gasteiger partial charge in [0.25, 0.3) is 11.8 Å². The topological polar surface area (TPSA) is 95.0 Å². The molecule has 2 aliphatic heterocycles. The van der Waals surface area contributed by atoms with Gasteiger partial charge in [0.05, 0.1) is 17.5 Å². The van der Waals surface area contributed by atoms with E-state index in [1.807, 2.05) is 0 Å². The van der Waals surface area contributed by atoms with Crippen LogP contribution in [0.5, 0.6) is 5.75 Å². The van der Waals surface area contributed by atoms with Crippen molar-refractivity contribution in [1.82, 2.24) is 4.90 Å². The lowest BCUT2D eigenvalue weighted by molar-refractivity contribution is -0.138. The molecule has 6 atom stereocenters. The molecule has 190 valence electrons. The number of phenolic OH excluding ortho intramolecular Hbond substituents is 1. The number of para-hydroxylation sites is 1. The van der Waals surface area contributed by atoms with Crippen LogP contribution in [0.1, 0.15) is 24.3 Å². The van der Waals surface area contributed by atoms with Crippen LogP contribution in [0, 0.1) is 23.6 Å². The maximum absolute atomic E-state index is 14.1. The normalized spacial score (nSPS) is 34.9. The van der Waals surface area contributed by atoms with Gasteiger partial charge in [-0.05, 0) is 49.1 Å². The van der Waals surface area contributed by atoms with Crippen LogP contribution < -0.4 is 4.90 Å². The average molecular weight is 543 g/mol. The average Bonchev–Trinajstić information content (AvgIpc) is 3.18. The number of phenols is 1. The van der Waals surface area contributed by atoms with Crippen molar-refractivity contribution in [3.05, 3.63) is 71.6 Å². The highest BCUT2D eigenvalue weighted by Crippen LogP contribution is 2.66. The molecular formula is C27H21Cl2FN2O5. The Labute approximate surface area is 221 Å². The van der Waals surface area contributed by atoms with E-state index < -0.39 is 51.1 Å². The summed E-state index contributed by atoms with van der Waals surface area (Å²) in [5.41, 5.74) is 0.973. The molecule has 0 spiro atoms. The van der Waals surface area contributed by atoms with E-state index in [0.29, 0.717) is 5.57 Å². The van der Waals surface area contributed by atoms with Crippen molar-refractivity contribution in [3.63, 3.8) is 0 Å². The first kappa shape index (κ1) is 24.1. The van der Waals surface area contributed by atoms with Crippen LogP contribution in [0.4, 0.5) is 10.1 Å². The van der Waals surface area contributed by atoms with E-state index in [0.717, 1.165) is 21.9 Å². The number of nitrogens with zero attached hydrogens (tertiary/aromatic N) is 2. The summed E-state index contributed by atoms with van der Waals surface area (Å²) >= 11 is 14.4. The number of amides is 4. The lowest BCUT2D eigenvalue weighted by atomic mass is 9.56. The predicted molar refractivity (Wildman–Crippen MR) is 132 cm³/mol. The highest BCUT2D eigenvalue weighted by molar-refractivity contribution is 6.58. The van der Waals surface area contributed by atoms with Gasteiger partial charge in [-0.25, -0.2) is 9.29 Å². The molecule has 4 amide bonds. The minimum atomic E-state index is -2.06. The third-order valence-corrected chi connectivity index (χ3v) is 9.78. The summed E-state index contributed by atoms with van der Waals surface area (Å²) in [7, 11) is 1.43. The molecule has 2 aromatic carbocycles. The van der Waals surface area contributed by atoms with Gasteiger partial charge in [-0.2, -0.15) is 0 Å². The molecule has 3 fully saturated rings. The second-order valence-corrected chi connectivity index (χ2v) is 11.3. The molecule has 2 saturated heterocycles. The maximum atomic E-state index is 14.1. The molecule has 6 rings (SSSR count). The van der Waals surface area contributed by atoms with Crippen LogP contribution in [0.2, 0.25) is 0 Å². The van der Waals surface area contributed by atoms with Crippen molar-refractivity contribution in [2.24, 2.45) is 17.8 Å². The highest BCUT2D eigenvalue weighted by atomic mass is 35.5. The number of hydrogen-bond donors (Lipinski definition) is 1. The number of carbonyl (C=O) groups is 4. The molecule has 0 radical (unpaired) electrons. The minimum Gasteiger partial charge on any atom is -0.508 e. The first-order valence-electron chi connectivity index (χ1n) is 11.8. The molecule has 2 heterocycles. The number of imide groups is 2. The monoisotopic (exact) mass is 542 g/mol. The first-order valence-corrected chi connectivity index (χ1v) is 12.6. The molecule has 2 aliphatic carbocycles. The largest absolute Gasteiger partial charge is 0.508 e. The summed E-state index contributed by atoms with van der Waals surface area (Å²) in [6, 6.07) is 11.1. The summed E-state index contributed by atoms with van der Waals surface area (Å²) in [5, 5.41) is 10.9. The van der Waals surface area contributed by atoms with Gasteiger partial charge < -0.3 is 5.11 Å². The Kier molecular flexibility index (Phi) is 5.14. The Hall–Kier alpha value is -3.23. The smallest absolute Gasteiger partial charge is 0.258 e. The Morgan fingerprint density at radius 1 is 0.946 bits per heavy atom. The fourth-order valence-electron chi connectivity index (χ4n) is 6.63. The van der Waals surface area contributed by atoms with Gasteiger partial charge in [-0.15, -0.1) is 23.2 Å². The molecule has 0 bridgehead atoms. The van der Waals surface area contributed by atoms with Crippen molar-refractivity contribution < 1.29 is 28.7 Å². The third-order valence-electron chi connectivity index (χ3n) is 8.36. The van der Waals surface area contributed by atoms with Gasteiger partial charge in [-0.3, -0.25) is 24.1 Å². The Morgan fingerprint density at radius 3 is 2.30 bits per heavy atom. The minimum absolute atomic E-state index is 0.101. The highest BCUT2D eigenvalue weighted by Gasteiger charge is 2.76. The number of alkyl halides is 2. The lowest BCUT2D eigenvalue weighted by Gasteiger charge is -2.50. The molecule has 4 aliphatic rings. The summed E-state index contributed by atoms with van der Waals surface area (Å²) in [6.45, 7) is 0. The SMILES string of the molecule is CN1C(=O)C2CC=C3C(CC4(Cl)C(=O)N(c5ccc(F)cc5)C(=O)C4(Cl)C3c3ccccc3O)C2C1=O. The number of carbonyl (C=O) groups excluding carboxylic acids is 4. The number of likely N-dealkylation sites (tertiary alicyclic amines) is 1. The van der Waals surface area contributed by atoms with E-state index >= 15 is 0 Å². The second kappa shape index (κ2) is 7.88. The summed E-state index contributed by atoms with van der Waals surface area (Å²) in [6.07, 6.45) is 1.89. The van der Waals surface area contributed by atoms with E-state index in [-0.39, 0.29) is 41.7 Å². The predicted octanol–water partition coefficient (Wildman–Crippen LogP) is 3.72. The molecule has 1 N–H and O–H groups in total. The number of halogens is 3. The van der Waals surface area contributed by atoms with Gasteiger partial charge in [-0.1, -0.05) is 29.8 Å². The van der Waals surface area contributed by atoms with E-state index in [4.69, 9.17) is 23.2 Å². The van der Waals surface area contributed by atoms with E-state index in [9.17, 15) is 28.7 Å².